The summed E-state index contributed by atoms with van der Waals surface area (Å²) in [6.07, 6.45) is -0.453. The Morgan fingerprint density at radius 3 is 2.69 bits per heavy atom. The van der Waals surface area contributed by atoms with Crippen LogP contribution in [0.4, 0.5) is 8.78 Å². The number of alkyl halides is 2. The van der Waals surface area contributed by atoms with Crippen LogP contribution in [0.25, 0.3) is 0 Å². The monoisotopic (exact) mass is 194 g/mol. The summed E-state index contributed by atoms with van der Waals surface area (Å²) in [7, 11) is 0. The lowest BCUT2D eigenvalue weighted by molar-refractivity contribution is 0.158. The molecule has 0 aromatic rings. The van der Waals surface area contributed by atoms with E-state index in [2.05, 4.69) is 15.7 Å². The Labute approximate surface area is 76.6 Å². The minimum absolute atomic E-state index is 0.216. The van der Waals surface area contributed by atoms with E-state index in [-0.39, 0.29) is 5.96 Å². The molecule has 0 spiro atoms. The van der Waals surface area contributed by atoms with Crippen molar-refractivity contribution in [2.75, 3.05) is 13.1 Å². The maximum atomic E-state index is 11.7. The van der Waals surface area contributed by atoms with Crippen LogP contribution >= 0.6 is 0 Å². The molecule has 0 fully saturated rings. The van der Waals surface area contributed by atoms with Gasteiger partial charge >= 0.3 is 0 Å². The largest absolute Gasteiger partial charge is 0.355 e. The second-order valence-electron chi connectivity index (χ2n) is 2.51. The third kappa shape index (κ3) is 7.45. The van der Waals surface area contributed by atoms with E-state index < -0.39 is 13.0 Å². The van der Waals surface area contributed by atoms with Crippen LogP contribution in [0.1, 0.15) is 19.8 Å². The summed E-state index contributed by atoms with van der Waals surface area (Å²) in [5.74, 6) is 5.27. The van der Waals surface area contributed by atoms with Gasteiger partial charge in [0, 0.05) is 6.54 Å². The van der Waals surface area contributed by atoms with E-state index in [9.17, 15) is 8.78 Å². The molecule has 0 atom stereocenters. The van der Waals surface area contributed by atoms with Gasteiger partial charge < -0.3 is 5.32 Å². The van der Waals surface area contributed by atoms with Gasteiger partial charge in [0.1, 0.15) is 6.54 Å². The summed E-state index contributed by atoms with van der Waals surface area (Å²) < 4.78 is 23.4. The van der Waals surface area contributed by atoms with E-state index in [4.69, 9.17) is 5.84 Å². The smallest absolute Gasteiger partial charge is 0.257 e. The Balaban J connectivity index is 3.67. The quantitative estimate of drug-likeness (QED) is 0.196. The van der Waals surface area contributed by atoms with Gasteiger partial charge in [-0.3, -0.25) is 5.43 Å². The third-order valence-corrected chi connectivity index (χ3v) is 1.35. The molecule has 0 radical (unpaired) electrons. The van der Waals surface area contributed by atoms with Crippen molar-refractivity contribution >= 4 is 5.96 Å². The van der Waals surface area contributed by atoms with Crippen molar-refractivity contribution < 1.29 is 8.78 Å². The zero-order valence-corrected chi connectivity index (χ0v) is 7.69. The molecule has 0 saturated heterocycles. The third-order valence-electron chi connectivity index (χ3n) is 1.35. The molecular weight excluding hydrogens is 178 g/mol. The van der Waals surface area contributed by atoms with E-state index in [0.29, 0.717) is 6.54 Å². The van der Waals surface area contributed by atoms with Crippen molar-refractivity contribution in [3.8, 4) is 0 Å². The van der Waals surface area contributed by atoms with E-state index in [1.54, 1.807) is 0 Å². The molecule has 4 N–H and O–H groups in total. The Morgan fingerprint density at radius 1 is 1.54 bits per heavy atom. The van der Waals surface area contributed by atoms with Crippen LogP contribution in [-0.2, 0) is 0 Å². The van der Waals surface area contributed by atoms with Gasteiger partial charge in [-0.1, -0.05) is 13.3 Å². The van der Waals surface area contributed by atoms with Gasteiger partial charge in [0.2, 0.25) is 5.96 Å². The first-order chi connectivity index (χ1) is 6.20. The zero-order valence-electron chi connectivity index (χ0n) is 7.69. The number of hydrogen-bond donors (Lipinski definition) is 3. The van der Waals surface area contributed by atoms with Crippen molar-refractivity contribution in [1.82, 2.24) is 10.7 Å². The molecule has 0 unspecified atom stereocenters. The molecular formula is C7H16F2N4. The zero-order chi connectivity index (χ0) is 10.1. The average molecular weight is 194 g/mol. The van der Waals surface area contributed by atoms with Crippen LogP contribution < -0.4 is 16.6 Å². The van der Waals surface area contributed by atoms with Crippen molar-refractivity contribution in [2.45, 2.75) is 26.2 Å². The number of hydrazine groups is 1. The van der Waals surface area contributed by atoms with E-state index in [1.165, 1.54) is 0 Å². The summed E-state index contributed by atoms with van der Waals surface area (Å²) in [5, 5.41) is 2.81. The molecule has 13 heavy (non-hydrogen) atoms. The molecule has 0 aliphatic heterocycles. The minimum atomic E-state index is -2.43. The van der Waals surface area contributed by atoms with Crippen LogP contribution in [0, 0.1) is 0 Å². The van der Waals surface area contributed by atoms with Gasteiger partial charge in [0.05, 0.1) is 0 Å². The van der Waals surface area contributed by atoms with Gasteiger partial charge in [-0.15, -0.1) is 0 Å². The molecule has 0 rings (SSSR count). The fourth-order valence-electron chi connectivity index (χ4n) is 0.696. The van der Waals surface area contributed by atoms with Crippen LogP contribution in [-0.4, -0.2) is 25.5 Å². The molecule has 4 nitrogen and oxygen atoms in total. The lowest BCUT2D eigenvalue weighted by Crippen LogP contribution is -2.42. The molecule has 6 heteroatoms. The van der Waals surface area contributed by atoms with Gasteiger partial charge in [-0.2, -0.15) is 0 Å². The molecule has 0 amide bonds. The lowest BCUT2D eigenvalue weighted by atomic mass is 10.3. The fraction of sp³-hybridized carbons (Fsp3) is 0.857. The molecule has 0 aromatic carbocycles. The summed E-state index contributed by atoms with van der Waals surface area (Å²) >= 11 is 0. The number of rotatable bonds is 5. The highest BCUT2D eigenvalue weighted by Crippen LogP contribution is 1.91. The Bertz CT molecular complexity index is 149. The summed E-state index contributed by atoms with van der Waals surface area (Å²) in [4.78, 5) is 3.53. The SMILES string of the molecule is CCCCNC(=NCC(F)F)NN. The average Bonchev–Trinajstić information content (AvgIpc) is 2.10. The Kier molecular flexibility index (Phi) is 7.18. The van der Waals surface area contributed by atoms with E-state index in [1.807, 2.05) is 6.92 Å². The van der Waals surface area contributed by atoms with Crippen LogP contribution in [0.5, 0.6) is 0 Å². The van der Waals surface area contributed by atoms with Crippen LogP contribution in [0.3, 0.4) is 0 Å². The predicted molar refractivity (Wildman–Crippen MR) is 48.5 cm³/mol. The number of nitrogens with zero attached hydrogens (tertiary/aromatic N) is 1. The molecule has 0 bridgehead atoms. The number of nitrogens with one attached hydrogen (secondary N) is 2. The van der Waals surface area contributed by atoms with Crippen molar-refractivity contribution in [2.24, 2.45) is 10.8 Å². The highest BCUT2D eigenvalue weighted by molar-refractivity contribution is 5.79. The number of hydrogen-bond acceptors (Lipinski definition) is 2. The molecule has 0 saturated carbocycles. The molecule has 0 aliphatic rings. The highest BCUT2D eigenvalue weighted by atomic mass is 19.3. The molecule has 0 heterocycles. The molecule has 0 aliphatic carbocycles. The number of nitrogens with two attached hydrogens (primary N) is 1. The summed E-state index contributed by atoms with van der Waals surface area (Å²) in [6.45, 7) is 2.19. The van der Waals surface area contributed by atoms with Gasteiger partial charge in [-0.05, 0) is 6.42 Å². The van der Waals surface area contributed by atoms with Crippen molar-refractivity contribution in [3.05, 3.63) is 0 Å². The van der Waals surface area contributed by atoms with E-state index in [0.717, 1.165) is 12.8 Å². The first-order valence-electron chi connectivity index (χ1n) is 4.23. The number of aliphatic imine (C=N–C) groups is 1. The van der Waals surface area contributed by atoms with Crippen LogP contribution in [0.2, 0.25) is 0 Å². The maximum absolute atomic E-state index is 11.7. The van der Waals surface area contributed by atoms with Gasteiger partial charge in [0.15, 0.2) is 0 Å². The Morgan fingerprint density at radius 2 is 2.23 bits per heavy atom. The maximum Gasteiger partial charge on any atom is 0.257 e. The minimum Gasteiger partial charge on any atom is -0.355 e. The Hall–Kier alpha value is -0.910. The number of guanidine groups is 1. The van der Waals surface area contributed by atoms with E-state index >= 15 is 0 Å². The van der Waals surface area contributed by atoms with Crippen LogP contribution in [0.15, 0.2) is 4.99 Å². The van der Waals surface area contributed by atoms with Gasteiger partial charge in [-0.25, -0.2) is 19.6 Å². The molecule has 78 valence electrons. The number of halogens is 2. The summed E-state index contributed by atoms with van der Waals surface area (Å²) in [5.41, 5.74) is 2.22. The lowest BCUT2D eigenvalue weighted by Gasteiger charge is -2.07. The fourth-order valence-corrected chi connectivity index (χ4v) is 0.696. The van der Waals surface area contributed by atoms with Gasteiger partial charge in [0.25, 0.3) is 6.43 Å². The first-order valence-corrected chi connectivity index (χ1v) is 4.23. The van der Waals surface area contributed by atoms with Crippen molar-refractivity contribution in [3.63, 3.8) is 0 Å². The highest BCUT2D eigenvalue weighted by Gasteiger charge is 2.01. The molecule has 0 aromatic heterocycles. The normalized spacial score (nSPS) is 11.9. The standard InChI is InChI=1S/C7H16F2N4/c1-2-3-4-11-7(13-10)12-5-6(8)9/h6H,2-5,10H2,1H3,(H2,11,12,13). The second-order valence-corrected chi connectivity index (χ2v) is 2.51. The second kappa shape index (κ2) is 7.72. The predicted octanol–water partition coefficient (Wildman–Crippen LogP) is 0.461. The first kappa shape index (κ1) is 12.1. The van der Waals surface area contributed by atoms with Crippen molar-refractivity contribution in [1.29, 1.82) is 0 Å². The topological polar surface area (TPSA) is 62.4 Å². The number of unbranched alkanes of at least 4 members (excludes halogenated alkanes) is 1. The summed E-state index contributed by atoms with van der Waals surface area (Å²) in [6, 6.07) is 0.